The molecule has 0 fully saturated rings. The summed E-state index contributed by atoms with van der Waals surface area (Å²) in [5.74, 6) is 0. The first-order valence-corrected chi connectivity index (χ1v) is 20.0. The van der Waals surface area contributed by atoms with Crippen molar-refractivity contribution < 1.29 is 0 Å². The van der Waals surface area contributed by atoms with Gasteiger partial charge in [-0.15, -0.1) is 0 Å². The van der Waals surface area contributed by atoms with Gasteiger partial charge in [0, 0.05) is 22.2 Å². The summed E-state index contributed by atoms with van der Waals surface area (Å²) >= 11 is 0. The molecule has 9 aromatic carbocycles. The van der Waals surface area contributed by atoms with Gasteiger partial charge in [0.25, 0.3) is 0 Å². The smallest absolute Gasteiger partial charge is 0.0714 e. The molecule has 0 atom stereocenters. The molecule has 0 unspecified atom stereocenters. The first-order chi connectivity index (χ1) is 28.0. The Kier molecular flexibility index (Phi) is 7.50. The summed E-state index contributed by atoms with van der Waals surface area (Å²) in [6.07, 6.45) is 0. The van der Waals surface area contributed by atoms with E-state index in [9.17, 15) is 0 Å². The zero-order valence-corrected chi connectivity index (χ0v) is 32.2. The van der Waals surface area contributed by atoms with Crippen LogP contribution in [0, 0.1) is 0 Å². The number of hydrogen-bond acceptors (Lipinski definition) is 1. The van der Waals surface area contributed by atoms with E-state index < -0.39 is 5.41 Å². The van der Waals surface area contributed by atoms with Crippen molar-refractivity contribution in [3.63, 3.8) is 0 Å². The molecule has 2 aliphatic rings. The first kappa shape index (κ1) is 33.4. The molecule has 57 heavy (non-hydrogen) atoms. The van der Waals surface area contributed by atoms with E-state index in [1.54, 1.807) is 0 Å². The minimum atomic E-state index is -0.489. The van der Waals surface area contributed by atoms with Gasteiger partial charge in [-0.25, -0.2) is 0 Å². The molecule has 0 heterocycles. The van der Waals surface area contributed by atoms with Gasteiger partial charge in [-0.2, -0.15) is 0 Å². The number of hydrogen-bond donors (Lipinski definition) is 0. The number of fused-ring (bicyclic) bond motifs is 7. The Morgan fingerprint density at radius 2 is 0.895 bits per heavy atom. The normalized spacial score (nSPS) is 14.1. The minimum absolute atomic E-state index is 0.0951. The Balaban J connectivity index is 1.12. The molecule has 0 saturated carbocycles. The molecule has 9 aromatic rings. The molecule has 0 aliphatic heterocycles. The van der Waals surface area contributed by atoms with E-state index in [1.165, 1.54) is 77.5 Å². The van der Waals surface area contributed by atoms with E-state index >= 15 is 0 Å². The van der Waals surface area contributed by atoms with Gasteiger partial charge in [-0.1, -0.05) is 196 Å². The fourth-order valence-electron chi connectivity index (χ4n) is 10.3. The lowest BCUT2D eigenvalue weighted by atomic mass is 9.67. The molecule has 2 aliphatic carbocycles. The predicted molar refractivity (Wildman–Crippen MR) is 239 cm³/mol. The van der Waals surface area contributed by atoms with Crippen LogP contribution in [-0.2, 0) is 10.8 Å². The summed E-state index contributed by atoms with van der Waals surface area (Å²) in [5, 5.41) is 2.43. The zero-order valence-electron chi connectivity index (χ0n) is 32.2. The molecule has 0 amide bonds. The third-order valence-electron chi connectivity index (χ3n) is 12.7. The summed E-state index contributed by atoms with van der Waals surface area (Å²) in [6.45, 7) is 4.74. The molecule has 0 bridgehead atoms. The van der Waals surface area contributed by atoms with Crippen LogP contribution in [-0.4, -0.2) is 0 Å². The van der Waals surface area contributed by atoms with Crippen molar-refractivity contribution in [2.75, 3.05) is 4.90 Å². The highest BCUT2D eigenvalue weighted by atomic mass is 15.1. The van der Waals surface area contributed by atoms with Crippen LogP contribution < -0.4 is 4.90 Å². The molecule has 11 rings (SSSR count). The second kappa shape index (κ2) is 12.8. The highest BCUT2D eigenvalue weighted by Gasteiger charge is 2.46. The van der Waals surface area contributed by atoms with E-state index in [0.717, 1.165) is 17.1 Å². The second-order valence-corrected chi connectivity index (χ2v) is 16.0. The fourth-order valence-corrected chi connectivity index (χ4v) is 10.3. The van der Waals surface area contributed by atoms with E-state index in [0.29, 0.717) is 0 Å². The molecule has 0 N–H and O–H groups in total. The van der Waals surface area contributed by atoms with E-state index in [4.69, 9.17) is 0 Å². The fraction of sp³-hybridized carbons (Fsp3) is 0.0714. The Hall–Kier alpha value is -6.96. The van der Waals surface area contributed by atoms with Crippen LogP contribution in [0.3, 0.4) is 0 Å². The van der Waals surface area contributed by atoms with Gasteiger partial charge >= 0.3 is 0 Å². The molecular weight excluding hydrogens is 687 g/mol. The van der Waals surface area contributed by atoms with Crippen molar-refractivity contribution >= 4 is 27.8 Å². The van der Waals surface area contributed by atoms with Crippen molar-refractivity contribution in [1.82, 2.24) is 0 Å². The predicted octanol–water partition coefficient (Wildman–Crippen LogP) is 14.6. The molecule has 0 aromatic heterocycles. The van der Waals surface area contributed by atoms with Crippen LogP contribution in [0.2, 0.25) is 0 Å². The molecule has 0 radical (unpaired) electrons. The van der Waals surface area contributed by atoms with Crippen LogP contribution >= 0.6 is 0 Å². The molecule has 270 valence electrons. The van der Waals surface area contributed by atoms with Crippen molar-refractivity contribution in [2.24, 2.45) is 0 Å². The van der Waals surface area contributed by atoms with Crippen molar-refractivity contribution in [2.45, 2.75) is 24.7 Å². The zero-order chi connectivity index (χ0) is 38.1. The lowest BCUT2D eigenvalue weighted by Gasteiger charge is -2.35. The quantitative estimate of drug-likeness (QED) is 0.165. The van der Waals surface area contributed by atoms with Crippen LogP contribution in [0.15, 0.2) is 212 Å². The van der Waals surface area contributed by atoms with E-state index in [1.807, 2.05) is 0 Å². The second-order valence-electron chi connectivity index (χ2n) is 16.0. The highest BCUT2D eigenvalue weighted by Crippen LogP contribution is 2.58. The molecule has 1 nitrogen and oxygen atoms in total. The SMILES string of the molecule is CC1(C)c2ccccc2-c2cccc(-c3ccc(N(c4ccc5c(c4)C(c4ccccc4)(c4ccccc4)c4ccccc4-5)c4cccc5ccccc45)cc3)c21. The van der Waals surface area contributed by atoms with Gasteiger partial charge in [0.15, 0.2) is 0 Å². The van der Waals surface area contributed by atoms with Gasteiger partial charge in [-0.3, -0.25) is 0 Å². The van der Waals surface area contributed by atoms with Gasteiger partial charge in [0.2, 0.25) is 0 Å². The maximum absolute atomic E-state index is 2.47. The third-order valence-corrected chi connectivity index (χ3v) is 12.7. The number of anilines is 3. The number of nitrogens with zero attached hydrogens (tertiary/aromatic N) is 1. The van der Waals surface area contributed by atoms with Gasteiger partial charge in [0.05, 0.1) is 11.1 Å². The Labute approximate surface area is 335 Å². The largest absolute Gasteiger partial charge is 0.310 e. The minimum Gasteiger partial charge on any atom is -0.310 e. The van der Waals surface area contributed by atoms with Gasteiger partial charge in [-0.05, 0) is 102 Å². The molecule has 0 saturated heterocycles. The summed E-state index contributed by atoms with van der Waals surface area (Å²) in [5.41, 5.74) is 18.5. The average Bonchev–Trinajstić information content (AvgIpc) is 3.70. The molecule has 1 heteroatoms. The van der Waals surface area contributed by atoms with E-state index in [-0.39, 0.29) is 5.41 Å². The standard InChI is InChI=1S/C56H41N/c1-55(2)50-28-13-11-25-47(50)49-27-16-26-45(54(49)55)39-31-33-42(34-32-39)57(53-30-15-18-38-17-9-10-23-44(38)53)43-35-36-48-46-24-12-14-29-51(46)56(52(48)37-43,40-19-5-3-6-20-40)41-21-7-4-8-22-41/h3-37H,1-2H3. The van der Waals surface area contributed by atoms with Crippen LogP contribution in [0.5, 0.6) is 0 Å². The Bertz CT molecular complexity index is 2930. The van der Waals surface area contributed by atoms with Crippen LogP contribution in [0.25, 0.3) is 44.2 Å². The average molecular weight is 728 g/mol. The first-order valence-electron chi connectivity index (χ1n) is 20.0. The van der Waals surface area contributed by atoms with Crippen LogP contribution in [0.1, 0.15) is 47.2 Å². The van der Waals surface area contributed by atoms with Crippen molar-refractivity contribution in [3.8, 4) is 33.4 Å². The summed E-state index contributed by atoms with van der Waals surface area (Å²) in [4.78, 5) is 2.46. The van der Waals surface area contributed by atoms with E-state index in [2.05, 4.69) is 231 Å². The summed E-state index contributed by atoms with van der Waals surface area (Å²) in [6, 6.07) is 78.7. The maximum Gasteiger partial charge on any atom is 0.0714 e. The third kappa shape index (κ3) is 4.89. The maximum atomic E-state index is 2.47. The van der Waals surface area contributed by atoms with Crippen molar-refractivity contribution in [3.05, 3.63) is 246 Å². The van der Waals surface area contributed by atoms with Crippen LogP contribution in [0.4, 0.5) is 17.1 Å². The lowest BCUT2D eigenvalue weighted by molar-refractivity contribution is 0.662. The van der Waals surface area contributed by atoms with Gasteiger partial charge in [0.1, 0.15) is 0 Å². The summed E-state index contributed by atoms with van der Waals surface area (Å²) < 4.78 is 0. The highest BCUT2D eigenvalue weighted by molar-refractivity contribution is 6.00. The molecular formula is C56H41N. The Morgan fingerprint density at radius 1 is 0.368 bits per heavy atom. The van der Waals surface area contributed by atoms with Gasteiger partial charge < -0.3 is 4.90 Å². The number of rotatable bonds is 6. The lowest BCUT2D eigenvalue weighted by Crippen LogP contribution is -2.28. The summed E-state index contributed by atoms with van der Waals surface area (Å²) in [7, 11) is 0. The van der Waals surface area contributed by atoms with Crippen molar-refractivity contribution in [1.29, 1.82) is 0 Å². The molecule has 0 spiro atoms. The Morgan fingerprint density at radius 3 is 1.63 bits per heavy atom. The topological polar surface area (TPSA) is 3.24 Å². The monoisotopic (exact) mass is 727 g/mol. The number of benzene rings is 9.